The molecule has 0 aliphatic rings. The summed E-state index contributed by atoms with van der Waals surface area (Å²) in [5.41, 5.74) is 2.86. The first-order valence-corrected chi connectivity index (χ1v) is 12.6. The molecule has 0 bridgehead atoms. The molecular weight excluding hydrogens is 478 g/mol. The number of esters is 1. The molecule has 0 saturated heterocycles. The molecule has 0 saturated carbocycles. The van der Waals surface area contributed by atoms with E-state index in [9.17, 15) is 13.2 Å². The summed E-state index contributed by atoms with van der Waals surface area (Å²) >= 11 is 0. The van der Waals surface area contributed by atoms with Crippen molar-refractivity contribution in [1.29, 1.82) is 0 Å². The van der Waals surface area contributed by atoms with Crippen LogP contribution >= 0.6 is 0 Å². The van der Waals surface area contributed by atoms with E-state index in [2.05, 4.69) is 37.3 Å². The largest absolute Gasteiger partial charge is 0.465 e. The molecule has 0 aliphatic heterocycles. The number of anilines is 2. The summed E-state index contributed by atoms with van der Waals surface area (Å²) in [6.45, 7) is 0. The topological polar surface area (TPSA) is 127 Å². The zero-order valence-corrected chi connectivity index (χ0v) is 20.1. The lowest BCUT2D eigenvalue weighted by Gasteiger charge is -2.08. The highest BCUT2D eigenvalue weighted by Crippen LogP contribution is 2.23. The molecule has 0 atom stereocenters. The van der Waals surface area contributed by atoms with Crippen LogP contribution < -0.4 is 5.32 Å². The number of H-pyrrole nitrogens is 1. The third-order valence-electron chi connectivity index (χ3n) is 5.48. The minimum atomic E-state index is -3.27. The molecule has 2 N–H and O–H groups in total. The standard InChI is InChI=1S/C26H19N5O4S/c1-35-26(32)16-3-8-20-23(30-31-24(20)13-16)10-9-22-21-14-25(28-15-17(21)11-12-27-22)29-18-4-6-19(7-5-18)36(2,33)34/h3-8,11-15H,1-2H3,(H,28,29)(H,30,31). The zero-order chi connectivity index (χ0) is 25.3. The maximum Gasteiger partial charge on any atom is 0.337 e. The number of nitrogens with zero attached hydrogens (tertiary/aromatic N) is 3. The molecule has 3 heterocycles. The van der Waals surface area contributed by atoms with E-state index in [0.717, 1.165) is 16.2 Å². The summed E-state index contributed by atoms with van der Waals surface area (Å²) < 4.78 is 28.1. The minimum absolute atomic E-state index is 0.245. The average molecular weight is 498 g/mol. The lowest BCUT2D eigenvalue weighted by molar-refractivity contribution is 0.0601. The van der Waals surface area contributed by atoms with Crippen LogP contribution in [0, 0.1) is 11.8 Å². The number of sulfone groups is 1. The molecule has 0 unspecified atom stereocenters. The Balaban J connectivity index is 1.46. The first-order chi connectivity index (χ1) is 17.3. The molecule has 10 heteroatoms. The fourth-order valence-corrected chi connectivity index (χ4v) is 4.27. The summed E-state index contributed by atoms with van der Waals surface area (Å²) in [5.74, 6) is 6.31. The number of rotatable bonds is 4. The van der Waals surface area contributed by atoms with Crippen LogP contribution in [0.5, 0.6) is 0 Å². The van der Waals surface area contributed by atoms with Crippen molar-refractivity contribution in [1.82, 2.24) is 20.2 Å². The van der Waals surface area contributed by atoms with E-state index in [4.69, 9.17) is 4.74 Å². The fraction of sp³-hybridized carbons (Fsp3) is 0.0769. The van der Waals surface area contributed by atoms with Gasteiger partial charge in [0.05, 0.1) is 23.1 Å². The van der Waals surface area contributed by atoms with Crippen LogP contribution in [-0.4, -0.2) is 47.9 Å². The summed E-state index contributed by atoms with van der Waals surface area (Å²) in [5, 5.41) is 12.8. The Labute approximate surface area is 206 Å². The molecule has 3 aromatic heterocycles. The predicted octanol–water partition coefficient (Wildman–Crippen LogP) is 3.84. The van der Waals surface area contributed by atoms with E-state index in [1.807, 2.05) is 12.1 Å². The van der Waals surface area contributed by atoms with Gasteiger partial charge in [0, 0.05) is 40.5 Å². The van der Waals surface area contributed by atoms with Gasteiger partial charge in [-0.1, -0.05) is 0 Å². The fourth-order valence-electron chi connectivity index (χ4n) is 3.64. The second kappa shape index (κ2) is 9.13. The monoisotopic (exact) mass is 497 g/mol. The molecule has 9 nitrogen and oxygen atoms in total. The van der Waals surface area contributed by atoms with E-state index >= 15 is 0 Å². The molecule has 2 aromatic carbocycles. The Morgan fingerprint density at radius 2 is 1.81 bits per heavy atom. The molecule has 0 radical (unpaired) electrons. The number of pyridine rings is 2. The number of hydrogen-bond acceptors (Lipinski definition) is 8. The third-order valence-corrected chi connectivity index (χ3v) is 6.61. The maximum absolute atomic E-state index is 11.8. The van der Waals surface area contributed by atoms with Crippen LogP contribution in [0.2, 0.25) is 0 Å². The number of benzene rings is 2. The van der Waals surface area contributed by atoms with Crippen molar-refractivity contribution in [2.24, 2.45) is 0 Å². The van der Waals surface area contributed by atoms with Gasteiger partial charge < -0.3 is 10.1 Å². The van der Waals surface area contributed by atoms with Gasteiger partial charge in [-0.3, -0.25) is 5.10 Å². The lowest BCUT2D eigenvalue weighted by atomic mass is 10.1. The smallest absolute Gasteiger partial charge is 0.337 e. The Hall–Kier alpha value is -4.75. The molecular formula is C26H19N5O4S. The van der Waals surface area contributed by atoms with Gasteiger partial charge in [0.1, 0.15) is 17.2 Å². The third kappa shape index (κ3) is 4.60. The quantitative estimate of drug-likeness (QED) is 0.283. The van der Waals surface area contributed by atoms with E-state index in [-0.39, 0.29) is 4.90 Å². The van der Waals surface area contributed by atoms with Crippen LogP contribution in [0.3, 0.4) is 0 Å². The number of carbonyl (C=O) groups is 1. The van der Waals surface area contributed by atoms with Gasteiger partial charge in [-0.2, -0.15) is 5.10 Å². The van der Waals surface area contributed by atoms with E-state index in [1.165, 1.54) is 13.4 Å². The number of methoxy groups -OCH3 is 1. The average Bonchev–Trinajstić information content (AvgIpc) is 3.29. The first kappa shape index (κ1) is 23.0. The molecule has 0 aliphatic carbocycles. The van der Waals surface area contributed by atoms with Gasteiger partial charge in [-0.25, -0.2) is 23.2 Å². The van der Waals surface area contributed by atoms with Crippen LogP contribution in [-0.2, 0) is 14.6 Å². The number of hydrogen-bond donors (Lipinski definition) is 2. The number of ether oxygens (including phenoxy) is 1. The zero-order valence-electron chi connectivity index (χ0n) is 19.2. The van der Waals surface area contributed by atoms with Crippen molar-refractivity contribution in [3.05, 3.63) is 83.9 Å². The van der Waals surface area contributed by atoms with Gasteiger partial charge in [-0.05, 0) is 66.4 Å². The lowest BCUT2D eigenvalue weighted by Crippen LogP contribution is -2.00. The Morgan fingerprint density at radius 1 is 1.00 bits per heavy atom. The highest BCUT2D eigenvalue weighted by Gasteiger charge is 2.10. The summed E-state index contributed by atoms with van der Waals surface area (Å²) in [4.78, 5) is 20.9. The van der Waals surface area contributed by atoms with E-state index < -0.39 is 15.8 Å². The summed E-state index contributed by atoms with van der Waals surface area (Å²) in [6.07, 6.45) is 4.55. The number of aromatic amines is 1. The summed E-state index contributed by atoms with van der Waals surface area (Å²) in [6, 6.07) is 15.2. The maximum atomic E-state index is 11.8. The van der Waals surface area contributed by atoms with Crippen LogP contribution in [0.4, 0.5) is 11.5 Å². The minimum Gasteiger partial charge on any atom is -0.465 e. The molecule has 0 spiro atoms. The number of aromatic nitrogens is 4. The molecule has 0 fully saturated rings. The van der Waals surface area contributed by atoms with Crippen molar-refractivity contribution < 1.29 is 17.9 Å². The molecule has 5 rings (SSSR count). The molecule has 5 aromatic rings. The number of nitrogens with one attached hydrogen (secondary N) is 2. The van der Waals surface area contributed by atoms with Gasteiger partial charge in [0.2, 0.25) is 0 Å². The molecule has 0 amide bonds. The Bertz CT molecular complexity index is 1800. The van der Waals surface area contributed by atoms with Crippen molar-refractivity contribution >= 4 is 49.0 Å². The highest BCUT2D eigenvalue weighted by molar-refractivity contribution is 7.90. The Kier molecular flexibility index (Phi) is 5.83. The van der Waals surface area contributed by atoms with E-state index in [1.54, 1.807) is 54.9 Å². The van der Waals surface area contributed by atoms with Gasteiger partial charge in [0.25, 0.3) is 0 Å². The van der Waals surface area contributed by atoms with Crippen LogP contribution in [0.15, 0.2) is 71.9 Å². The SMILES string of the molecule is COC(=O)c1ccc2c(C#Cc3nccc4cnc(Nc5ccc(S(C)(=O)=O)cc5)cc34)[nH]nc2c1. The van der Waals surface area contributed by atoms with Crippen molar-refractivity contribution in [2.45, 2.75) is 4.90 Å². The van der Waals surface area contributed by atoms with Crippen molar-refractivity contribution in [2.75, 3.05) is 18.7 Å². The number of carbonyl (C=O) groups excluding carboxylic acids is 1. The van der Waals surface area contributed by atoms with Gasteiger partial charge in [0.15, 0.2) is 9.84 Å². The first-order valence-electron chi connectivity index (χ1n) is 10.7. The Morgan fingerprint density at radius 3 is 2.56 bits per heavy atom. The molecule has 36 heavy (non-hydrogen) atoms. The number of fused-ring (bicyclic) bond motifs is 2. The highest BCUT2D eigenvalue weighted by atomic mass is 32.2. The van der Waals surface area contributed by atoms with Crippen molar-refractivity contribution in [3.8, 4) is 11.8 Å². The predicted molar refractivity (Wildman–Crippen MR) is 136 cm³/mol. The molecule has 178 valence electrons. The second-order valence-corrected chi connectivity index (χ2v) is 9.96. The van der Waals surface area contributed by atoms with Crippen molar-refractivity contribution in [3.63, 3.8) is 0 Å². The van der Waals surface area contributed by atoms with Crippen LogP contribution in [0.1, 0.15) is 21.7 Å². The van der Waals surface area contributed by atoms with Gasteiger partial charge in [-0.15, -0.1) is 0 Å². The van der Waals surface area contributed by atoms with Gasteiger partial charge >= 0.3 is 5.97 Å². The second-order valence-electron chi connectivity index (χ2n) is 7.94. The van der Waals surface area contributed by atoms with Crippen LogP contribution in [0.25, 0.3) is 21.7 Å². The summed E-state index contributed by atoms with van der Waals surface area (Å²) in [7, 11) is -1.94. The van der Waals surface area contributed by atoms with E-state index in [0.29, 0.717) is 34.0 Å². The normalized spacial score (nSPS) is 11.2.